The number of ketones is 1. The number of methoxy groups -OCH3 is 1. The molecule has 0 fully saturated rings. The molecule has 0 aliphatic rings. The van der Waals surface area contributed by atoms with Gasteiger partial charge in [-0.25, -0.2) is 4.79 Å². The number of ether oxygens (including phenoxy) is 2. The van der Waals surface area contributed by atoms with Crippen molar-refractivity contribution in [2.24, 2.45) is 0 Å². The SMILES string of the molecule is C=CCCC(=O)OCC(=O)c1ccc(NC(=O)OC)cc1[N+](=O)[O-]. The largest absolute Gasteiger partial charge is 0.457 e. The first-order chi connectivity index (χ1) is 11.4. The Labute approximate surface area is 137 Å². The summed E-state index contributed by atoms with van der Waals surface area (Å²) in [6.07, 6.45) is 1.20. The van der Waals surface area contributed by atoms with Crippen molar-refractivity contribution in [1.29, 1.82) is 0 Å². The van der Waals surface area contributed by atoms with Crippen LogP contribution in [0.15, 0.2) is 30.9 Å². The maximum atomic E-state index is 12.0. The lowest BCUT2D eigenvalue weighted by Crippen LogP contribution is -2.16. The third-order valence-electron chi connectivity index (χ3n) is 2.84. The second kappa shape index (κ2) is 9.03. The Hall–Kier alpha value is -3.23. The van der Waals surface area contributed by atoms with Crippen LogP contribution >= 0.6 is 0 Å². The van der Waals surface area contributed by atoms with E-state index in [0.29, 0.717) is 6.42 Å². The number of nitro groups is 1. The van der Waals surface area contributed by atoms with Gasteiger partial charge in [0.15, 0.2) is 6.61 Å². The standard InChI is InChI=1S/C15H16N2O7/c1-3-4-5-14(19)24-9-13(18)11-7-6-10(16-15(20)23-2)8-12(11)17(21)22/h3,6-8H,1,4-5,9H2,2H3,(H,16,20). The van der Waals surface area contributed by atoms with Gasteiger partial charge in [-0.15, -0.1) is 6.58 Å². The molecule has 0 bridgehead atoms. The first-order valence-corrected chi connectivity index (χ1v) is 6.82. The molecule has 1 N–H and O–H groups in total. The van der Waals surface area contributed by atoms with Gasteiger partial charge in [0.25, 0.3) is 5.69 Å². The van der Waals surface area contributed by atoms with Gasteiger partial charge in [-0.05, 0) is 18.6 Å². The van der Waals surface area contributed by atoms with Gasteiger partial charge in [0.05, 0.1) is 23.3 Å². The number of carbonyl (C=O) groups is 3. The molecule has 1 aromatic rings. The highest BCUT2D eigenvalue weighted by Gasteiger charge is 2.22. The molecule has 0 aliphatic heterocycles. The Morgan fingerprint density at radius 1 is 1.38 bits per heavy atom. The molecule has 0 saturated carbocycles. The number of hydrogen-bond donors (Lipinski definition) is 1. The summed E-state index contributed by atoms with van der Waals surface area (Å²) in [5.74, 6) is -1.33. The first kappa shape index (κ1) is 18.8. The number of benzene rings is 1. The van der Waals surface area contributed by atoms with Gasteiger partial charge in [0.1, 0.15) is 0 Å². The van der Waals surface area contributed by atoms with Gasteiger partial charge in [-0.2, -0.15) is 0 Å². The molecular formula is C15H16N2O7. The average Bonchev–Trinajstić information content (AvgIpc) is 2.57. The van der Waals surface area contributed by atoms with Crippen LogP contribution in [0, 0.1) is 10.1 Å². The third-order valence-corrected chi connectivity index (χ3v) is 2.84. The van der Waals surface area contributed by atoms with Crippen LogP contribution in [0.25, 0.3) is 0 Å². The van der Waals surface area contributed by atoms with Crippen LogP contribution in [0.5, 0.6) is 0 Å². The van der Waals surface area contributed by atoms with Crippen LogP contribution in [-0.4, -0.2) is 36.5 Å². The Morgan fingerprint density at radius 2 is 2.08 bits per heavy atom. The molecule has 1 rings (SSSR count). The number of rotatable bonds is 8. The minimum Gasteiger partial charge on any atom is -0.457 e. The number of nitro benzene ring substituents is 1. The summed E-state index contributed by atoms with van der Waals surface area (Å²) in [4.78, 5) is 44.8. The zero-order chi connectivity index (χ0) is 18.1. The topological polar surface area (TPSA) is 125 Å². The predicted octanol–water partition coefficient (Wildman–Crippen LogP) is 2.47. The summed E-state index contributed by atoms with van der Waals surface area (Å²) in [6, 6.07) is 3.49. The smallest absolute Gasteiger partial charge is 0.411 e. The molecule has 9 nitrogen and oxygen atoms in total. The summed E-state index contributed by atoms with van der Waals surface area (Å²) in [7, 11) is 1.14. The second-order valence-corrected chi connectivity index (χ2v) is 4.52. The molecular weight excluding hydrogens is 320 g/mol. The zero-order valence-corrected chi connectivity index (χ0v) is 12.9. The van der Waals surface area contributed by atoms with Crippen LogP contribution in [0.3, 0.4) is 0 Å². The maximum Gasteiger partial charge on any atom is 0.411 e. The molecule has 1 amide bonds. The van der Waals surface area contributed by atoms with E-state index in [2.05, 4.69) is 16.6 Å². The molecule has 0 radical (unpaired) electrons. The monoisotopic (exact) mass is 336 g/mol. The van der Waals surface area contributed by atoms with Crippen LogP contribution in [0.1, 0.15) is 23.2 Å². The van der Waals surface area contributed by atoms with E-state index < -0.39 is 35.1 Å². The van der Waals surface area contributed by atoms with Crippen molar-refractivity contribution >= 4 is 29.2 Å². The number of carbonyl (C=O) groups excluding carboxylic acids is 3. The average molecular weight is 336 g/mol. The molecule has 0 aliphatic carbocycles. The lowest BCUT2D eigenvalue weighted by molar-refractivity contribution is -0.385. The van der Waals surface area contributed by atoms with Crippen molar-refractivity contribution in [3.05, 3.63) is 46.5 Å². The molecule has 1 aromatic carbocycles. The summed E-state index contributed by atoms with van der Waals surface area (Å²) >= 11 is 0. The van der Waals surface area contributed by atoms with E-state index in [9.17, 15) is 24.5 Å². The summed E-state index contributed by atoms with van der Waals surface area (Å²) in [5.41, 5.74) is -0.656. The Bertz CT molecular complexity index is 670. The van der Waals surface area contributed by atoms with Crippen molar-refractivity contribution in [2.45, 2.75) is 12.8 Å². The van der Waals surface area contributed by atoms with Crippen LogP contribution < -0.4 is 5.32 Å². The predicted molar refractivity (Wildman–Crippen MR) is 83.8 cm³/mol. The second-order valence-electron chi connectivity index (χ2n) is 4.52. The van der Waals surface area contributed by atoms with E-state index in [-0.39, 0.29) is 17.7 Å². The third kappa shape index (κ3) is 5.52. The fraction of sp³-hybridized carbons (Fsp3) is 0.267. The van der Waals surface area contributed by atoms with Crippen molar-refractivity contribution < 1.29 is 28.8 Å². The van der Waals surface area contributed by atoms with Gasteiger partial charge in [0, 0.05) is 12.5 Å². The lowest BCUT2D eigenvalue weighted by Gasteiger charge is -2.07. The molecule has 0 unspecified atom stereocenters. The quantitative estimate of drug-likeness (QED) is 0.254. The van der Waals surface area contributed by atoms with Gasteiger partial charge >= 0.3 is 12.1 Å². The Kier molecular flexibility index (Phi) is 7.08. The highest BCUT2D eigenvalue weighted by atomic mass is 16.6. The molecule has 0 aromatic heterocycles. The number of nitrogens with zero attached hydrogens (tertiary/aromatic N) is 1. The van der Waals surface area contributed by atoms with E-state index in [1.165, 1.54) is 18.2 Å². The van der Waals surface area contributed by atoms with Crippen molar-refractivity contribution in [3.8, 4) is 0 Å². The van der Waals surface area contributed by atoms with Gasteiger partial charge in [-0.3, -0.25) is 25.0 Å². The number of esters is 1. The first-order valence-electron chi connectivity index (χ1n) is 6.82. The normalized spacial score (nSPS) is 9.71. The van der Waals surface area contributed by atoms with E-state index in [4.69, 9.17) is 4.74 Å². The number of Topliss-reactive ketones (excluding diaryl/α,β-unsaturated/α-hetero) is 1. The zero-order valence-electron chi connectivity index (χ0n) is 12.9. The van der Waals surface area contributed by atoms with Crippen molar-refractivity contribution in [2.75, 3.05) is 19.0 Å². The van der Waals surface area contributed by atoms with Crippen LogP contribution in [0.2, 0.25) is 0 Å². The van der Waals surface area contributed by atoms with E-state index >= 15 is 0 Å². The summed E-state index contributed by atoms with van der Waals surface area (Å²) in [5, 5.41) is 13.4. The number of allylic oxidation sites excluding steroid dienone is 1. The number of hydrogen-bond acceptors (Lipinski definition) is 7. The van der Waals surface area contributed by atoms with Gasteiger partial charge in [0.2, 0.25) is 5.78 Å². The number of amides is 1. The molecule has 0 spiro atoms. The van der Waals surface area contributed by atoms with E-state index in [1.807, 2.05) is 0 Å². The number of anilines is 1. The molecule has 0 heterocycles. The minimum absolute atomic E-state index is 0.0703. The molecule has 9 heteroatoms. The minimum atomic E-state index is -0.806. The lowest BCUT2D eigenvalue weighted by atomic mass is 10.1. The van der Waals surface area contributed by atoms with Gasteiger partial charge < -0.3 is 9.47 Å². The fourth-order valence-electron chi connectivity index (χ4n) is 1.68. The molecule has 0 atom stereocenters. The number of nitrogens with one attached hydrogen (secondary N) is 1. The van der Waals surface area contributed by atoms with Crippen LogP contribution in [0.4, 0.5) is 16.2 Å². The summed E-state index contributed by atoms with van der Waals surface area (Å²) < 4.78 is 9.14. The van der Waals surface area contributed by atoms with Gasteiger partial charge in [-0.1, -0.05) is 6.08 Å². The molecule has 0 saturated heterocycles. The van der Waals surface area contributed by atoms with E-state index in [0.717, 1.165) is 13.2 Å². The summed E-state index contributed by atoms with van der Waals surface area (Å²) in [6.45, 7) is 2.84. The highest BCUT2D eigenvalue weighted by molar-refractivity contribution is 6.02. The van der Waals surface area contributed by atoms with Crippen LogP contribution in [-0.2, 0) is 14.3 Å². The molecule has 24 heavy (non-hydrogen) atoms. The van der Waals surface area contributed by atoms with E-state index in [1.54, 1.807) is 0 Å². The Morgan fingerprint density at radius 3 is 2.67 bits per heavy atom. The van der Waals surface area contributed by atoms with Crippen molar-refractivity contribution in [3.63, 3.8) is 0 Å². The van der Waals surface area contributed by atoms with Crippen molar-refractivity contribution in [1.82, 2.24) is 0 Å². The maximum absolute atomic E-state index is 12.0. The molecule has 128 valence electrons. The fourth-order valence-corrected chi connectivity index (χ4v) is 1.68. The Balaban J connectivity index is 2.87. The highest BCUT2D eigenvalue weighted by Crippen LogP contribution is 2.24.